The molecule has 44 heavy (non-hydrogen) atoms. The third kappa shape index (κ3) is 20.6. The maximum absolute atomic E-state index is 12.1. The first-order valence-corrected chi connectivity index (χ1v) is 19.3. The topological polar surface area (TPSA) is 133 Å². The van der Waals surface area contributed by atoms with E-state index in [1.165, 1.54) is 33.9 Å². The highest BCUT2D eigenvalue weighted by atomic mass is 35.7. The zero-order valence-electron chi connectivity index (χ0n) is 29.3. The van der Waals surface area contributed by atoms with E-state index in [0.29, 0.717) is 6.04 Å². The summed E-state index contributed by atoms with van der Waals surface area (Å²) in [7, 11) is 3.80. The van der Waals surface area contributed by atoms with Crippen molar-refractivity contribution in [2.75, 3.05) is 39.6 Å². The molecule has 2 aliphatic rings. The van der Waals surface area contributed by atoms with Gasteiger partial charge in [-0.05, 0) is 129 Å². The summed E-state index contributed by atoms with van der Waals surface area (Å²) in [6.07, 6.45) is 6.80. The fourth-order valence-corrected chi connectivity index (χ4v) is 5.94. The van der Waals surface area contributed by atoms with Crippen molar-refractivity contribution in [3.8, 4) is 0 Å². The Hall–Kier alpha value is -0.460. The third-order valence-electron chi connectivity index (χ3n) is 7.90. The lowest BCUT2D eigenvalue weighted by Gasteiger charge is -2.29. The standard InChI is InChI=1S/C13H24O4S.C8H15NO2.C6H15N.C4H9ClOS.ClH/c1-13(2,3)18(15,16)9-10-5-7-11(8-6-10)12(14)17-4;1-11-8(10)6-2-4-7(9)5-3-6;1-4-7(5-2)6-3;1-4(2,3)7(5)6;/h10-11H,5-9H2,1-4H3;6-7H,2-5,9H2,1H3;4-6H2,1-3H3;1-3H3;1H. The number of hydrogen-bond acceptors (Lipinski definition) is 9. The molecule has 0 saturated heterocycles. The third-order valence-corrected chi connectivity index (χ3v) is 13.0. The molecule has 1 unspecified atom stereocenters. The molecule has 0 amide bonds. The number of methoxy groups -OCH3 is 2. The number of rotatable bonds is 7. The van der Waals surface area contributed by atoms with E-state index in [1.807, 2.05) is 20.8 Å². The van der Waals surface area contributed by atoms with Crippen molar-refractivity contribution in [2.24, 2.45) is 23.5 Å². The number of carbonyl (C=O) groups excluding carboxylic acids is 2. The van der Waals surface area contributed by atoms with Crippen LogP contribution in [-0.4, -0.2) is 84.6 Å². The summed E-state index contributed by atoms with van der Waals surface area (Å²) in [4.78, 5) is 24.8. The number of sulfone groups is 1. The van der Waals surface area contributed by atoms with Crippen LogP contribution in [-0.2, 0) is 38.9 Å². The van der Waals surface area contributed by atoms with Gasteiger partial charge in [0.05, 0.1) is 41.3 Å². The highest BCUT2D eigenvalue weighted by molar-refractivity contribution is 8.09. The van der Waals surface area contributed by atoms with Crippen LogP contribution in [0.5, 0.6) is 0 Å². The van der Waals surface area contributed by atoms with E-state index in [2.05, 4.69) is 30.4 Å². The zero-order chi connectivity index (χ0) is 34.0. The number of hydrogen-bond donors (Lipinski definition) is 1. The van der Waals surface area contributed by atoms with Gasteiger partial charge in [-0.2, -0.15) is 0 Å². The monoisotopic (exact) mass is 710 g/mol. The molecule has 13 heteroatoms. The molecular weight excluding hydrogens is 647 g/mol. The molecule has 2 fully saturated rings. The summed E-state index contributed by atoms with van der Waals surface area (Å²) in [5.74, 6) is 0.271. The molecule has 0 aliphatic heterocycles. The van der Waals surface area contributed by atoms with Crippen LogP contribution in [0.4, 0.5) is 0 Å². The maximum atomic E-state index is 12.1. The predicted molar refractivity (Wildman–Crippen MR) is 187 cm³/mol. The summed E-state index contributed by atoms with van der Waals surface area (Å²) in [6.45, 7) is 20.8. The molecule has 0 radical (unpaired) electrons. The summed E-state index contributed by atoms with van der Waals surface area (Å²) < 4.78 is 43.0. The van der Waals surface area contributed by atoms with Gasteiger partial charge in [-0.25, -0.2) is 12.6 Å². The lowest BCUT2D eigenvalue weighted by Crippen LogP contribution is -2.35. The van der Waals surface area contributed by atoms with E-state index in [0.717, 1.165) is 51.4 Å². The van der Waals surface area contributed by atoms with Crippen molar-refractivity contribution in [1.82, 2.24) is 4.90 Å². The van der Waals surface area contributed by atoms with Crippen LogP contribution in [0, 0.1) is 17.8 Å². The normalized spacial score (nSPS) is 22.7. The molecule has 2 saturated carbocycles. The fraction of sp³-hybridized carbons (Fsp3) is 0.935. The summed E-state index contributed by atoms with van der Waals surface area (Å²) in [6, 6.07) is 0.302. The molecule has 0 bridgehead atoms. The highest BCUT2D eigenvalue weighted by Crippen LogP contribution is 2.32. The smallest absolute Gasteiger partial charge is 0.308 e. The average molecular weight is 712 g/mol. The number of esters is 2. The van der Waals surface area contributed by atoms with Gasteiger partial charge in [0.15, 0.2) is 9.84 Å². The molecule has 0 aromatic heterocycles. The van der Waals surface area contributed by atoms with Crippen LogP contribution < -0.4 is 5.73 Å². The Balaban J connectivity index is -0.000000553. The molecule has 2 N–H and O–H groups in total. The Morgan fingerprint density at radius 2 is 1.11 bits per heavy atom. The van der Waals surface area contributed by atoms with Gasteiger partial charge in [-0.15, -0.1) is 12.4 Å². The van der Waals surface area contributed by atoms with E-state index >= 15 is 0 Å². The molecule has 2 rings (SSSR count). The van der Waals surface area contributed by atoms with Crippen molar-refractivity contribution in [2.45, 2.75) is 129 Å². The second-order valence-corrected chi connectivity index (χ2v) is 18.5. The van der Waals surface area contributed by atoms with Crippen LogP contribution in [0.1, 0.15) is 114 Å². The second kappa shape index (κ2) is 23.8. The van der Waals surface area contributed by atoms with Gasteiger partial charge < -0.3 is 20.1 Å². The molecule has 0 spiro atoms. The molecular formula is C31H64Cl2N2O7S2. The van der Waals surface area contributed by atoms with Crippen molar-refractivity contribution in [3.05, 3.63) is 0 Å². The van der Waals surface area contributed by atoms with Gasteiger partial charge in [0.2, 0.25) is 0 Å². The molecule has 0 aromatic carbocycles. The van der Waals surface area contributed by atoms with Crippen molar-refractivity contribution < 1.29 is 31.7 Å². The van der Waals surface area contributed by atoms with Gasteiger partial charge in [-0.1, -0.05) is 20.8 Å². The largest absolute Gasteiger partial charge is 0.469 e. The number of halogens is 2. The van der Waals surface area contributed by atoms with Crippen LogP contribution in [0.25, 0.3) is 0 Å². The lowest BCUT2D eigenvalue weighted by atomic mass is 9.83. The highest BCUT2D eigenvalue weighted by Gasteiger charge is 2.34. The first-order valence-electron chi connectivity index (χ1n) is 15.6. The Kier molecular flexibility index (Phi) is 25.9. The number of ether oxygens (including phenoxy) is 2. The van der Waals surface area contributed by atoms with Gasteiger partial charge in [0, 0.05) is 6.04 Å². The van der Waals surface area contributed by atoms with Crippen molar-refractivity contribution in [1.29, 1.82) is 0 Å². The van der Waals surface area contributed by atoms with E-state index < -0.39 is 24.6 Å². The molecule has 266 valence electrons. The van der Waals surface area contributed by atoms with Gasteiger partial charge in [0.25, 0.3) is 0 Å². The maximum Gasteiger partial charge on any atom is 0.308 e. The quantitative estimate of drug-likeness (QED) is 0.238. The van der Waals surface area contributed by atoms with Gasteiger partial charge >= 0.3 is 11.9 Å². The molecule has 9 nitrogen and oxygen atoms in total. The average Bonchev–Trinajstić information content (AvgIpc) is 2.93. The molecule has 0 aromatic rings. The van der Waals surface area contributed by atoms with Gasteiger partial charge in [-0.3, -0.25) is 9.59 Å². The van der Waals surface area contributed by atoms with Crippen LogP contribution in [0.3, 0.4) is 0 Å². The first-order chi connectivity index (χ1) is 19.7. The molecule has 1 atom stereocenters. The Bertz CT molecular complexity index is 897. The van der Waals surface area contributed by atoms with Crippen LogP contribution >= 0.6 is 23.1 Å². The van der Waals surface area contributed by atoms with Crippen LogP contribution in [0.15, 0.2) is 0 Å². The minimum absolute atomic E-state index is 0. The Morgan fingerprint density at radius 3 is 1.34 bits per heavy atom. The summed E-state index contributed by atoms with van der Waals surface area (Å²) in [5.41, 5.74) is 5.69. The predicted octanol–water partition coefficient (Wildman–Crippen LogP) is 6.31. The SMILES string of the molecule is CC(C)(C)S(=O)Cl.CCN(CC)CC.COC(=O)C1CCC(CS(=O)(=O)C(C)(C)C)CC1.COC(=O)C1CCC(N)CC1.Cl. The number of nitrogens with two attached hydrogens (primary N) is 1. The summed E-state index contributed by atoms with van der Waals surface area (Å²) in [5, 5.41) is 0. The summed E-state index contributed by atoms with van der Waals surface area (Å²) >= 11 is 0. The number of nitrogens with zero attached hydrogens (tertiary/aromatic N) is 1. The van der Waals surface area contributed by atoms with Crippen molar-refractivity contribution >= 4 is 54.9 Å². The van der Waals surface area contributed by atoms with E-state index in [-0.39, 0.29) is 52.6 Å². The zero-order valence-corrected chi connectivity index (χ0v) is 32.5. The van der Waals surface area contributed by atoms with Crippen LogP contribution in [0.2, 0.25) is 0 Å². The van der Waals surface area contributed by atoms with E-state index in [9.17, 15) is 22.2 Å². The lowest BCUT2D eigenvalue weighted by molar-refractivity contribution is -0.147. The first kappa shape index (κ1) is 47.9. The Morgan fingerprint density at radius 1 is 0.795 bits per heavy atom. The second-order valence-electron chi connectivity index (χ2n) is 13.2. The fourth-order valence-electron chi connectivity index (χ4n) is 4.48. The van der Waals surface area contributed by atoms with Gasteiger partial charge in [0.1, 0.15) is 10.0 Å². The Labute approximate surface area is 282 Å². The van der Waals surface area contributed by atoms with E-state index in [1.54, 1.807) is 20.8 Å². The van der Waals surface area contributed by atoms with Crippen molar-refractivity contribution in [3.63, 3.8) is 0 Å². The number of carbonyl (C=O) groups is 2. The minimum atomic E-state index is -3.06. The van der Waals surface area contributed by atoms with E-state index in [4.69, 9.17) is 21.2 Å². The molecule has 0 heterocycles. The minimum Gasteiger partial charge on any atom is -0.469 e. The molecule has 2 aliphatic carbocycles.